The molecule has 0 amide bonds. The third-order valence-corrected chi connectivity index (χ3v) is 2.99. The second-order valence-electron chi connectivity index (χ2n) is 4.44. The number of hydrogen-bond donors (Lipinski definition) is 1. The Labute approximate surface area is 74.0 Å². The fraction of sp³-hybridized carbons (Fsp3) is 0.900. The Morgan fingerprint density at radius 2 is 2.17 bits per heavy atom. The Balaban J connectivity index is 2.58. The monoisotopic (exact) mass is 170 g/mol. The minimum atomic E-state index is -1.04. The van der Waals surface area contributed by atoms with Gasteiger partial charge in [-0.1, -0.05) is 13.8 Å². The van der Waals surface area contributed by atoms with Gasteiger partial charge in [0.25, 0.3) is 0 Å². The Morgan fingerprint density at radius 3 is 2.58 bits per heavy atom. The lowest BCUT2D eigenvalue weighted by Crippen LogP contribution is -2.41. The molecular formula is C10H18O2. The Hall–Kier alpha value is -0.370. The van der Waals surface area contributed by atoms with Crippen molar-refractivity contribution in [3.63, 3.8) is 0 Å². The first kappa shape index (κ1) is 9.72. The van der Waals surface area contributed by atoms with E-state index < -0.39 is 5.60 Å². The van der Waals surface area contributed by atoms with Gasteiger partial charge >= 0.3 is 0 Å². The molecule has 70 valence electrons. The van der Waals surface area contributed by atoms with Crippen LogP contribution in [-0.4, -0.2) is 16.5 Å². The van der Waals surface area contributed by atoms with E-state index in [9.17, 15) is 9.90 Å². The van der Waals surface area contributed by atoms with Gasteiger partial charge in [-0.25, -0.2) is 0 Å². The highest BCUT2D eigenvalue weighted by Gasteiger charge is 2.37. The van der Waals surface area contributed by atoms with Crippen LogP contribution in [0.3, 0.4) is 0 Å². The van der Waals surface area contributed by atoms with Crippen LogP contribution in [0.2, 0.25) is 0 Å². The van der Waals surface area contributed by atoms with Gasteiger partial charge in [0, 0.05) is 6.42 Å². The first-order valence-corrected chi connectivity index (χ1v) is 4.69. The lowest BCUT2D eigenvalue weighted by Gasteiger charge is -2.33. The minimum Gasteiger partial charge on any atom is -0.382 e. The molecule has 2 nitrogen and oxygen atoms in total. The molecule has 0 saturated heterocycles. The first-order chi connectivity index (χ1) is 5.43. The quantitative estimate of drug-likeness (QED) is 0.651. The normalized spacial score (nSPS) is 37.4. The maximum Gasteiger partial charge on any atom is 0.164 e. The topological polar surface area (TPSA) is 37.3 Å². The van der Waals surface area contributed by atoms with Gasteiger partial charge in [-0.2, -0.15) is 0 Å². The van der Waals surface area contributed by atoms with Crippen molar-refractivity contribution in [1.29, 1.82) is 0 Å². The van der Waals surface area contributed by atoms with Gasteiger partial charge in [0.05, 0.1) is 0 Å². The zero-order valence-electron chi connectivity index (χ0n) is 8.13. The summed E-state index contributed by atoms with van der Waals surface area (Å²) in [6, 6.07) is 0. The molecule has 1 N–H and O–H groups in total. The van der Waals surface area contributed by atoms with Crippen molar-refractivity contribution in [1.82, 2.24) is 0 Å². The minimum absolute atomic E-state index is 0.0208. The molecule has 0 heterocycles. The standard InChI is InChI=1S/C10H18O2/c1-7(2)8-4-5-10(3,12)9(11)6-8/h7-8,12H,4-6H2,1-3H3/t8-,10-/m0/s1. The van der Waals surface area contributed by atoms with Gasteiger partial charge in [0.15, 0.2) is 5.78 Å². The summed E-state index contributed by atoms with van der Waals surface area (Å²) < 4.78 is 0. The highest BCUT2D eigenvalue weighted by Crippen LogP contribution is 2.32. The van der Waals surface area contributed by atoms with Crippen LogP contribution < -0.4 is 0 Å². The van der Waals surface area contributed by atoms with Crippen molar-refractivity contribution < 1.29 is 9.90 Å². The predicted molar refractivity (Wildman–Crippen MR) is 47.8 cm³/mol. The number of carbonyl (C=O) groups is 1. The van der Waals surface area contributed by atoms with Crippen LogP contribution in [-0.2, 0) is 4.79 Å². The molecule has 1 aliphatic rings. The van der Waals surface area contributed by atoms with Crippen molar-refractivity contribution in [3.8, 4) is 0 Å². The van der Waals surface area contributed by atoms with Crippen LogP contribution in [0.25, 0.3) is 0 Å². The molecule has 0 aromatic rings. The number of ketones is 1. The summed E-state index contributed by atoms with van der Waals surface area (Å²) in [4.78, 5) is 11.4. The lowest BCUT2D eigenvalue weighted by molar-refractivity contribution is -0.141. The molecule has 0 aromatic heterocycles. The molecule has 1 rings (SSSR count). The van der Waals surface area contributed by atoms with Gasteiger partial charge in [-0.05, 0) is 31.6 Å². The third-order valence-electron chi connectivity index (χ3n) is 2.99. The van der Waals surface area contributed by atoms with Gasteiger partial charge in [0.2, 0.25) is 0 Å². The maximum absolute atomic E-state index is 11.4. The smallest absolute Gasteiger partial charge is 0.164 e. The molecule has 2 heteroatoms. The van der Waals surface area contributed by atoms with E-state index in [-0.39, 0.29) is 5.78 Å². The SMILES string of the molecule is CC(C)[C@H]1CC[C@](C)(O)C(=O)C1. The van der Waals surface area contributed by atoms with Crippen LogP contribution in [0.1, 0.15) is 40.0 Å². The van der Waals surface area contributed by atoms with Gasteiger partial charge in [0.1, 0.15) is 5.60 Å². The average Bonchev–Trinajstić information content (AvgIpc) is 1.94. The molecule has 0 bridgehead atoms. The lowest BCUT2D eigenvalue weighted by atomic mass is 9.74. The highest BCUT2D eigenvalue weighted by molar-refractivity contribution is 5.87. The molecule has 0 radical (unpaired) electrons. The summed E-state index contributed by atoms with van der Waals surface area (Å²) in [7, 11) is 0. The number of Topliss-reactive ketones (excluding diaryl/α,β-unsaturated/α-hetero) is 1. The van der Waals surface area contributed by atoms with E-state index in [0.717, 1.165) is 6.42 Å². The van der Waals surface area contributed by atoms with Crippen LogP contribution in [0.5, 0.6) is 0 Å². The number of rotatable bonds is 1. The number of aliphatic hydroxyl groups is 1. The van der Waals surface area contributed by atoms with Gasteiger partial charge < -0.3 is 5.11 Å². The third kappa shape index (κ3) is 1.86. The van der Waals surface area contributed by atoms with Crippen molar-refractivity contribution in [2.24, 2.45) is 11.8 Å². The van der Waals surface area contributed by atoms with Gasteiger partial charge in [-0.15, -0.1) is 0 Å². The molecule has 0 aliphatic heterocycles. The van der Waals surface area contributed by atoms with E-state index >= 15 is 0 Å². The second kappa shape index (κ2) is 3.17. The van der Waals surface area contributed by atoms with Crippen LogP contribution in [0.15, 0.2) is 0 Å². The van der Waals surface area contributed by atoms with E-state index in [2.05, 4.69) is 13.8 Å². The van der Waals surface area contributed by atoms with Gasteiger partial charge in [-0.3, -0.25) is 4.79 Å². The Bertz CT molecular complexity index is 182. The highest BCUT2D eigenvalue weighted by atomic mass is 16.3. The maximum atomic E-state index is 11.4. The molecular weight excluding hydrogens is 152 g/mol. The zero-order chi connectivity index (χ0) is 9.35. The summed E-state index contributed by atoms with van der Waals surface area (Å²) in [5, 5.41) is 9.59. The average molecular weight is 170 g/mol. The van der Waals surface area contributed by atoms with E-state index in [1.165, 1.54) is 0 Å². The fourth-order valence-electron chi connectivity index (χ4n) is 1.73. The summed E-state index contributed by atoms with van der Waals surface area (Å²) in [6.45, 7) is 5.90. The van der Waals surface area contributed by atoms with Crippen molar-refractivity contribution in [2.75, 3.05) is 0 Å². The van der Waals surface area contributed by atoms with Crippen LogP contribution in [0, 0.1) is 11.8 Å². The first-order valence-electron chi connectivity index (χ1n) is 4.69. The predicted octanol–water partition coefficient (Wildman–Crippen LogP) is 1.76. The molecule has 0 aromatic carbocycles. The Kier molecular flexibility index (Phi) is 2.57. The molecule has 2 atom stereocenters. The Morgan fingerprint density at radius 1 is 1.58 bits per heavy atom. The summed E-state index contributed by atoms with van der Waals surface area (Å²) >= 11 is 0. The second-order valence-corrected chi connectivity index (χ2v) is 4.44. The van der Waals surface area contributed by atoms with Crippen molar-refractivity contribution >= 4 is 5.78 Å². The van der Waals surface area contributed by atoms with Crippen LogP contribution >= 0.6 is 0 Å². The molecule has 12 heavy (non-hydrogen) atoms. The molecule has 1 saturated carbocycles. The molecule has 0 spiro atoms. The van der Waals surface area contributed by atoms with E-state index in [4.69, 9.17) is 0 Å². The van der Waals surface area contributed by atoms with Crippen molar-refractivity contribution in [2.45, 2.75) is 45.6 Å². The summed E-state index contributed by atoms with van der Waals surface area (Å²) in [6.07, 6.45) is 2.18. The molecule has 1 fully saturated rings. The van der Waals surface area contributed by atoms with E-state index in [0.29, 0.717) is 24.7 Å². The fourth-order valence-corrected chi connectivity index (χ4v) is 1.73. The summed E-state index contributed by atoms with van der Waals surface area (Å²) in [5.41, 5.74) is -1.04. The zero-order valence-corrected chi connectivity index (χ0v) is 8.13. The van der Waals surface area contributed by atoms with E-state index in [1.54, 1.807) is 6.92 Å². The molecule has 0 unspecified atom stereocenters. The number of carbonyl (C=O) groups excluding carboxylic acids is 1. The number of hydrogen-bond acceptors (Lipinski definition) is 2. The largest absolute Gasteiger partial charge is 0.382 e. The van der Waals surface area contributed by atoms with Crippen molar-refractivity contribution in [3.05, 3.63) is 0 Å². The van der Waals surface area contributed by atoms with Crippen LogP contribution in [0.4, 0.5) is 0 Å². The summed E-state index contributed by atoms with van der Waals surface area (Å²) in [5.74, 6) is 1.07. The van der Waals surface area contributed by atoms with E-state index in [1.807, 2.05) is 0 Å². The molecule has 1 aliphatic carbocycles.